The molecule has 0 spiro atoms. The topological polar surface area (TPSA) is 38.0 Å². The van der Waals surface area contributed by atoms with Crippen molar-refractivity contribution in [3.8, 4) is 0 Å². The van der Waals surface area contributed by atoms with Crippen LogP contribution in [0.25, 0.3) is 0 Å². The van der Waals surface area contributed by atoms with Crippen LogP contribution in [0.1, 0.15) is 12.7 Å². The summed E-state index contributed by atoms with van der Waals surface area (Å²) in [5, 5.41) is 8.80. The van der Waals surface area contributed by atoms with Crippen LogP contribution in [0.2, 0.25) is 0 Å². The highest BCUT2D eigenvalue weighted by Gasteiger charge is 2.38. The maximum absolute atomic E-state index is 12.0. The summed E-state index contributed by atoms with van der Waals surface area (Å²) in [4.78, 5) is 3.74. The van der Waals surface area contributed by atoms with E-state index in [2.05, 4.69) is 4.98 Å². The molecule has 3 nitrogen and oxygen atoms in total. The molecule has 1 aromatic heterocycles. The smallest absolute Gasteiger partial charge is 0.383 e. The Balaban J connectivity index is 2.69. The number of alkyl halides is 3. The van der Waals surface area contributed by atoms with Crippen LogP contribution < -0.4 is 0 Å². The highest BCUT2D eigenvalue weighted by atomic mass is 19.4. The number of aliphatic hydroxyl groups excluding tert-OH is 1. The van der Waals surface area contributed by atoms with E-state index in [0.29, 0.717) is 6.54 Å². The zero-order valence-corrected chi connectivity index (χ0v) is 7.62. The van der Waals surface area contributed by atoms with Gasteiger partial charge in [-0.25, -0.2) is 4.98 Å². The molecular weight excluding hydrogens is 197 g/mol. The summed E-state index contributed by atoms with van der Waals surface area (Å²) < 4.78 is 37.5. The molecule has 1 aromatic rings. The predicted molar refractivity (Wildman–Crippen MR) is 43.7 cm³/mol. The number of aromatic nitrogens is 2. The van der Waals surface area contributed by atoms with Gasteiger partial charge in [0.2, 0.25) is 0 Å². The average Bonchev–Trinajstić information content (AvgIpc) is 2.50. The quantitative estimate of drug-likeness (QED) is 0.814. The van der Waals surface area contributed by atoms with Gasteiger partial charge in [0, 0.05) is 25.4 Å². The molecule has 1 heterocycles. The van der Waals surface area contributed by atoms with Crippen molar-refractivity contribution in [2.45, 2.75) is 32.2 Å². The molecule has 1 rings (SSSR count). The lowest BCUT2D eigenvalue weighted by atomic mass is 10.2. The minimum absolute atomic E-state index is 0.248. The number of nitrogens with zero attached hydrogens (tertiary/aromatic N) is 2. The first-order valence-electron chi connectivity index (χ1n) is 4.20. The van der Waals surface area contributed by atoms with E-state index in [1.807, 2.05) is 0 Å². The number of imidazole rings is 1. The predicted octanol–water partition coefficient (Wildman–Crippen LogP) is 1.37. The summed E-state index contributed by atoms with van der Waals surface area (Å²) in [6.07, 6.45) is -4.41. The van der Waals surface area contributed by atoms with E-state index >= 15 is 0 Å². The molecule has 1 N–H and O–H groups in total. The van der Waals surface area contributed by atoms with Crippen molar-refractivity contribution in [2.24, 2.45) is 0 Å². The van der Waals surface area contributed by atoms with Crippen molar-refractivity contribution in [2.75, 3.05) is 0 Å². The molecule has 1 atom stereocenters. The third-order valence-corrected chi connectivity index (χ3v) is 1.90. The Morgan fingerprint density at radius 3 is 2.71 bits per heavy atom. The van der Waals surface area contributed by atoms with E-state index < -0.39 is 18.7 Å². The minimum Gasteiger partial charge on any atom is -0.383 e. The molecule has 0 aliphatic heterocycles. The van der Waals surface area contributed by atoms with Crippen molar-refractivity contribution >= 4 is 0 Å². The molecule has 6 heteroatoms. The molecule has 0 saturated carbocycles. The SMILES string of the molecule is CCn1ccnc1C[C@@H](O)C(F)(F)F. The van der Waals surface area contributed by atoms with Gasteiger partial charge in [-0.3, -0.25) is 0 Å². The molecule has 14 heavy (non-hydrogen) atoms. The lowest BCUT2D eigenvalue weighted by Gasteiger charge is -2.14. The summed E-state index contributed by atoms with van der Waals surface area (Å²) >= 11 is 0. The van der Waals surface area contributed by atoms with Gasteiger partial charge in [-0.2, -0.15) is 13.2 Å². The molecule has 0 amide bonds. The van der Waals surface area contributed by atoms with Gasteiger partial charge in [0.25, 0.3) is 0 Å². The first-order valence-corrected chi connectivity index (χ1v) is 4.20. The van der Waals surface area contributed by atoms with Gasteiger partial charge < -0.3 is 9.67 Å². The van der Waals surface area contributed by atoms with Crippen LogP contribution in [-0.4, -0.2) is 26.9 Å². The molecule has 0 unspecified atom stereocenters. The molecule has 0 radical (unpaired) electrons. The first kappa shape index (κ1) is 11.0. The molecule has 0 fully saturated rings. The van der Waals surface area contributed by atoms with Crippen LogP contribution in [0.5, 0.6) is 0 Å². The Hall–Kier alpha value is -1.04. The Labute approximate surface area is 79.2 Å². The van der Waals surface area contributed by atoms with E-state index in [4.69, 9.17) is 5.11 Å². The van der Waals surface area contributed by atoms with E-state index in [0.717, 1.165) is 0 Å². The number of hydrogen-bond acceptors (Lipinski definition) is 2. The standard InChI is InChI=1S/C8H11F3N2O/c1-2-13-4-3-12-7(13)5-6(14)8(9,10)11/h3-4,6,14H,2,5H2,1H3/t6-/m1/s1. The molecule has 0 aliphatic carbocycles. The van der Waals surface area contributed by atoms with Gasteiger partial charge in [-0.15, -0.1) is 0 Å². The molecule has 0 bridgehead atoms. The van der Waals surface area contributed by atoms with Crippen molar-refractivity contribution in [3.63, 3.8) is 0 Å². The van der Waals surface area contributed by atoms with Crippen molar-refractivity contribution in [1.82, 2.24) is 9.55 Å². The Kier molecular flexibility index (Phi) is 3.15. The average molecular weight is 208 g/mol. The van der Waals surface area contributed by atoms with Crippen LogP contribution in [-0.2, 0) is 13.0 Å². The second-order valence-corrected chi connectivity index (χ2v) is 2.89. The maximum Gasteiger partial charge on any atom is 0.414 e. The number of rotatable bonds is 3. The van der Waals surface area contributed by atoms with Gasteiger partial charge in [0.15, 0.2) is 6.10 Å². The van der Waals surface area contributed by atoms with Crippen LogP contribution in [0.4, 0.5) is 13.2 Å². The normalized spacial score (nSPS) is 14.4. The van der Waals surface area contributed by atoms with E-state index in [-0.39, 0.29) is 5.82 Å². The molecule has 0 aromatic carbocycles. The van der Waals surface area contributed by atoms with Gasteiger partial charge >= 0.3 is 6.18 Å². The molecule has 80 valence electrons. The lowest BCUT2D eigenvalue weighted by Crippen LogP contribution is -2.31. The van der Waals surface area contributed by atoms with Crippen LogP contribution in [0, 0.1) is 0 Å². The van der Waals surface area contributed by atoms with Gasteiger partial charge in [-0.05, 0) is 6.92 Å². The summed E-state index contributed by atoms with van der Waals surface area (Å²) in [5.74, 6) is 0.248. The Morgan fingerprint density at radius 2 is 2.21 bits per heavy atom. The molecular formula is C8H11F3N2O. The van der Waals surface area contributed by atoms with E-state index in [9.17, 15) is 13.2 Å². The number of hydrogen-bond donors (Lipinski definition) is 1. The van der Waals surface area contributed by atoms with Gasteiger partial charge in [0.05, 0.1) is 0 Å². The fourth-order valence-corrected chi connectivity index (χ4v) is 1.11. The summed E-state index contributed by atoms with van der Waals surface area (Å²) in [6, 6.07) is 0. The van der Waals surface area contributed by atoms with Crippen molar-refractivity contribution < 1.29 is 18.3 Å². The summed E-state index contributed by atoms with van der Waals surface area (Å²) in [6.45, 7) is 2.34. The third kappa shape index (κ3) is 2.47. The summed E-state index contributed by atoms with van der Waals surface area (Å²) in [7, 11) is 0. The minimum atomic E-state index is -4.58. The Morgan fingerprint density at radius 1 is 1.57 bits per heavy atom. The number of aryl methyl sites for hydroxylation is 1. The second-order valence-electron chi connectivity index (χ2n) is 2.89. The monoisotopic (exact) mass is 208 g/mol. The third-order valence-electron chi connectivity index (χ3n) is 1.90. The Bertz CT molecular complexity index is 295. The van der Waals surface area contributed by atoms with Gasteiger partial charge in [-0.1, -0.05) is 0 Å². The largest absolute Gasteiger partial charge is 0.414 e. The van der Waals surface area contributed by atoms with Gasteiger partial charge in [0.1, 0.15) is 5.82 Å². The molecule has 0 aliphatic rings. The van der Waals surface area contributed by atoms with Crippen molar-refractivity contribution in [1.29, 1.82) is 0 Å². The van der Waals surface area contributed by atoms with Crippen molar-refractivity contribution in [3.05, 3.63) is 18.2 Å². The fraction of sp³-hybridized carbons (Fsp3) is 0.625. The van der Waals surface area contributed by atoms with Crippen LogP contribution in [0.3, 0.4) is 0 Å². The number of aliphatic hydroxyl groups is 1. The van der Waals surface area contributed by atoms with Crippen LogP contribution in [0.15, 0.2) is 12.4 Å². The highest BCUT2D eigenvalue weighted by molar-refractivity contribution is 4.95. The maximum atomic E-state index is 12.0. The lowest BCUT2D eigenvalue weighted by molar-refractivity contribution is -0.203. The number of halogens is 3. The zero-order valence-electron chi connectivity index (χ0n) is 7.62. The zero-order chi connectivity index (χ0) is 10.8. The van der Waals surface area contributed by atoms with E-state index in [1.165, 1.54) is 6.20 Å². The first-order chi connectivity index (χ1) is 6.45. The summed E-state index contributed by atoms with van der Waals surface area (Å²) in [5.41, 5.74) is 0. The fourth-order valence-electron chi connectivity index (χ4n) is 1.11. The second kappa shape index (κ2) is 4.00. The van der Waals surface area contributed by atoms with E-state index in [1.54, 1.807) is 17.7 Å². The van der Waals surface area contributed by atoms with Crippen LogP contribution >= 0.6 is 0 Å². The molecule has 0 saturated heterocycles. The highest BCUT2D eigenvalue weighted by Crippen LogP contribution is 2.22.